The lowest BCUT2D eigenvalue weighted by molar-refractivity contribution is -0.132. The van der Waals surface area contributed by atoms with Crippen molar-refractivity contribution in [3.8, 4) is 6.07 Å². The zero-order chi connectivity index (χ0) is 21.5. The molecule has 3 fully saturated rings. The Bertz CT molecular complexity index is 997. The van der Waals surface area contributed by atoms with Crippen LogP contribution < -0.4 is 16.1 Å². The Morgan fingerprint density at radius 2 is 2.06 bits per heavy atom. The molecule has 0 radical (unpaired) electrons. The highest BCUT2D eigenvalue weighted by atomic mass is 19.1. The second kappa shape index (κ2) is 7.92. The third-order valence-electron chi connectivity index (χ3n) is 6.65. The van der Waals surface area contributed by atoms with Crippen molar-refractivity contribution in [2.75, 3.05) is 0 Å². The molecule has 1 saturated carbocycles. The first-order valence-electron chi connectivity index (χ1n) is 10.5. The Morgan fingerprint density at radius 3 is 2.71 bits per heavy atom. The van der Waals surface area contributed by atoms with Gasteiger partial charge in [-0.25, -0.2) is 24.8 Å². The molecule has 10 heteroatoms. The molecule has 0 bridgehead atoms. The maximum absolute atomic E-state index is 13.3. The molecule has 9 nitrogen and oxygen atoms in total. The van der Waals surface area contributed by atoms with Crippen LogP contribution in [0.5, 0.6) is 0 Å². The number of hydrazine groups is 1. The minimum Gasteiger partial charge on any atom is -0.340 e. The van der Waals surface area contributed by atoms with Gasteiger partial charge >= 0.3 is 0 Å². The van der Waals surface area contributed by atoms with Gasteiger partial charge in [-0.1, -0.05) is 0 Å². The summed E-state index contributed by atoms with van der Waals surface area (Å²) in [5.41, 5.74) is 3.80. The van der Waals surface area contributed by atoms with Gasteiger partial charge in [-0.2, -0.15) is 5.26 Å². The number of rotatable bonds is 4. The molecule has 0 aromatic carbocycles. The minimum atomic E-state index is -0.670. The molecule has 6 unspecified atom stereocenters. The predicted octanol–water partition coefficient (Wildman–Crippen LogP) is 0.966. The van der Waals surface area contributed by atoms with E-state index >= 15 is 0 Å². The maximum atomic E-state index is 13.3. The van der Waals surface area contributed by atoms with Crippen LogP contribution in [0.2, 0.25) is 0 Å². The predicted molar refractivity (Wildman–Crippen MR) is 107 cm³/mol. The van der Waals surface area contributed by atoms with E-state index in [0.29, 0.717) is 5.69 Å². The first-order valence-corrected chi connectivity index (χ1v) is 10.5. The maximum Gasteiger partial charge on any atom is 0.230 e. The fourth-order valence-corrected chi connectivity index (χ4v) is 4.85. The summed E-state index contributed by atoms with van der Waals surface area (Å²) in [6.07, 6.45) is 5.90. The molecule has 2 saturated heterocycles. The summed E-state index contributed by atoms with van der Waals surface area (Å²) in [6, 6.07) is 6.01. The molecule has 5 rings (SSSR count). The number of nitrogens with one attached hydrogen (secondary N) is 3. The molecule has 160 valence electrons. The number of hydrogen-bond donors (Lipinski definition) is 3. The highest BCUT2D eigenvalue weighted by Gasteiger charge is 2.54. The monoisotopic (exact) mass is 422 g/mol. The Balaban J connectivity index is 1.39. The lowest BCUT2D eigenvalue weighted by Gasteiger charge is -2.47. The van der Waals surface area contributed by atoms with E-state index in [0.717, 1.165) is 18.7 Å². The fourth-order valence-electron chi connectivity index (χ4n) is 4.85. The summed E-state index contributed by atoms with van der Waals surface area (Å²) in [7, 11) is 0. The van der Waals surface area contributed by atoms with Crippen LogP contribution in [0.15, 0.2) is 36.8 Å². The molecule has 4 heterocycles. The van der Waals surface area contributed by atoms with Crippen LogP contribution in [0.3, 0.4) is 0 Å². The zero-order valence-corrected chi connectivity index (χ0v) is 16.9. The molecule has 7 atom stereocenters. The lowest BCUT2D eigenvalue weighted by Crippen LogP contribution is -2.68. The Morgan fingerprint density at radius 1 is 1.26 bits per heavy atom. The smallest absolute Gasteiger partial charge is 0.230 e. The quantitative estimate of drug-likeness (QED) is 0.667. The summed E-state index contributed by atoms with van der Waals surface area (Å²) in [4.78, 5) is 26.0. The molecule has 0 spiro atoms. The van der Waals surface area contributed by atoms with Gasteiger partial charge in [0.05, 0.1) is 42.3 Å². The highest BCUT2D eigenvalue weighted by Crippen LogP contribution is 2.44. The van der Waals surface area contributed by atoms with Gasteiger partial charge in [0, 0.05) is 24.2 Å². The molecule has 1 aliphatic carbocycles. The number of carbonyl (C=O) groups is 1. The standard InChI is InChI=1S/C21H23FN8O/c1-11(15-6-3-12(22)10-26-15)30-20-17(16(9-23)29-30)21(31)28-19(27-20)14-5-4-13(14)18-24-7-2-8-25-18/h2-3,6-8,10-11,13-14,16-17,19-20,27,29H,4-5H2,1H3,(H,28,31)/t11-,13?,14?,16?,17?,19?,20?/m0/s1. The number of pyridine rings is 1. The van der Waals surface area contributed by atoms with Crippen LogP contribution in [0, 0.1) is 29.0 Å². The van der Waals surface area contributed by atoms with Crippen molar-refractivity contribution in [1.29, 1.82) is 5.26 Å². The van der Waals surface area contributed by atoms with Gasteiger partial charge in [-0.15, -0.1) is 0 Å². The van der Waals surface area contributed by atoms with Crippen LogP contribution in [0.1, 0.15) is 43.2 Å². The number of aromatic nitrogens is 3. The van der Waals surface area contributed by atoms with E-state index in [2.05, 4.69) is 37.1 Å². The summed E-state index contributed by atoms with van der Waals surface area (Å²) in [5, 5.41) is 18.1. The molecule has 3 N–H and O–H groups in total. The van der Waals surface area contributed by atoms with E-state index in [1.807, 2.05) is 11.9 Å². The van der Waals surface area contributed by atoms with Gasteiger partial charge in [0.25, 0.3) is 0 Å². The molecular formula is C21H23FN8O. The topological polar surface area (TPSA) is 119 Å². The van der Waals surface area contributed by atoms with Crippen molar-refractivity contribution in [3.05, 3.63) is 54.1 Å². The average molecular weight is 422 g/mol. The molecule has 1 amide bonds. The first-order chi connectivity index (χ1) is 15.1. The number of nitriles is 1. The van der Waals surface area contributed by atoms with Crippen molar-refractivity contribution in [1.82, 2.24) is 36.0 Å². The van der Waals surface area contributed by atoms with E-state index in [1.165, 1.54) is 12.3 Å². The van der Waals surface area contributed by atoms with Crippen molar-refractivity contribution >= 4 is 5.91 Å². The largest absolute Gasteiger partial charge is 0.340 e. The van der Waals surface area contributed by atoms with Crippen molar-refractivity contribution in [3.63, 3.8) is 0 Å². The van der Waals surface area contributed by atoms with E-state index in [1.54, 1.807) is 24.5 Å². The second-order valence-electron chi connectivity index (χ2n) is 8.30. The first kappa shape index (κ1) is 19.9. The van der Waals surface area contributed by atoms with E-state index in [9.17, 15) is 14.4 Å². The van der Waals surface area contributed by atoms with Gasteiger partial charge in [-0.05, 0) is 38.0 Å². The Hall–Kier alpha value is -3.00. The second-order valence-corrected chi connectivity index (χ2v) is 8.30. The molecule has 2 aromatic rings. The SMILES string of the molecule is C[C@@H](c1ccc(F)cn1)N1NC(C#N)C2C(=O)NC(C3CCC3c3ncccn3)NC21. The number of carbonyl (C=O) groups excluding carboxylic acids is 1. The number of hydrogen-bond acceptors (Lipinski definition) is 8. The van der Waals surface area contributed by atoms with Crippen molar-refractivity contribution < 1.29 is 9.18 Å². The van der Waals surface area contributed by atoms with Crippen molar-refractivity contribution in [2.24, 2.45) is 11.8 Å². The van der Waals surface area contributed by atoms with Crippen LogP contribution in [0.25, 0.3) is 0 Å². The minimum absolute atomic E-state index is 0.158. The van der Waals surface area contributed by atoms with Crippen LogP contribution in [-0.4, -0.2) is 44.2 Å². The van der Waals surface area contributed by atoms with Gasteiger partial charge in [-0.3, -0.25) is 15.1 Å². The van der Waals surface area contributed by atoms with Gasteiger partial charge in [0.15, 0.2) is 0 Å². The number of fused-ring (bicyclic) bond motifs is 1. The van der Waals surface area contributed by atoms with Gasteiger partial charge in [0.2, 0.25) is 5.91 Å². The summed E-state index contributed by atoms with van der Waals surface area (Å²) in [6.45, 7) is 1.91. The molecular weight excluding hydrogens is 399 g/mol. The molecule has 2 aliphatic heterocycles. The highest BCUT2D eigenvalue weighted by molar-refractivity contribution is 5.82. The van der Waals surface area contributed by atoms with Crippen LogP contribution >= 0.6 is 0 Å². The summed E-state index contributed by atoms with van der Waals surface area (Å²) >= 11 is 0. The lowest BCUT2D eigenvalue weighted by atomic mass is 9.70. The van der Waals surface area contributed by atoms with E-state index < -0.39 is 23.9 Å². The van der Waals surface area contributed by atoms with E-state index in [4.69, 9.17) is 0 Å². The van der Waals surface area contributed by atoms with Crippen molar-refractivity contribution in [2.45, 2.75) is 50.1 Å². The Labute approximate surface area is 179 Å². The van der Waals surface area contributed by atoms with Gasteiger partial charge in [0.1, 0.15) is 17.7 Å². The molecule has 2 aromatic heterocycles. The Kier molecular flexibility index (Phi) is 5.09. The zero-order valence-electron chi connectivity index (χ0n) is 16.9. The number of nitrogens with zero attached hydrogens (tertiary/aromatic N) is 5. The number of amides is 1. The third-order valence-corrected chi connectivity index (χ3v) is 6.65. The normalized spacial score (nSPS) is 33.6. The fraction of sp³-hybridized carbons (Fsp3) is 0.476. The van der Waals surface area contributed by atoms with E-state index in [-0.39, 0.29) is 30.0 Å². The summed E-state index contributed by atoms with van der Waals surface area (Å²) in [5.74, 6) is -0.0229. The number of halogens is 1. The van der Waals surface area contributed by atoms with Gasteiger partial charge < -0.3 is 5.32 Å². The summed E-state index contributed by atoms with van der Waals surface area (Å²) < 4.78 is 13.3. The average Bonchev–Trinajstić information content (AvgIpc) is 3.13. The van der Waals surface area contributed by atoms with Crippen LogP contribution in [0.4, 0.5) is 4.39 Å². The van der Waals surface area contributed by atoms with Crippen LogP contribution in [-0.2, 0) is 4.79 Å². The molecule has 31 heavy (non-hydrogen) atoms. The third kappa shape index (κ3) is 3.44. The molecule has 3 aliphatic rings.